The summed E-state index contributed by atoms with van der Waals surface area (Å²) in [6.45, 7) is 1.94. The summed E-state index contributed by atoms with van der Waals surface area (Å²) in [6, 6.07) is 15.5. The number of hydrogen-bond donors (Lipinski definition) is 1. The number of ether oxygens (including phenoxy) is 2. The zero-order chi connectivity index (χ0) is 22.4. The molecule has 0 aliphatic carbocycles. The van der Waals surface area contributed by atoms with E-state index in [1.54, 1.807) is 36.4 Å². The van der Waals surface area contributed by atoms with Crippen LogP contribution in [0.15, 0.2) is 66.4 Å². The van der Waals surface area contributed by atoms with Gasteiger partial charge in [-0.25, -0.2) is 9.29 Å². The minimum atomic E-state index is -0.549. The summed E-state index contributed by atoms with van der Waals surface area (Å²) in [6.07, 6.45) is 0. The van der Waals surface area contributed by atoms with Crippen molar-refractivity contribution in [1.82, 2.24) is 0 Å². The highest BCUT2D eigenvalue weighted by Gasteiger charge is 2.40. The summed E-state index contributed by atoms with van der Waals surface area (Å²) >= 11 is 6.23. The fourth-order valence-corrected chi connectivity index (χ4v) is 3.78. The molecular weight excluding hydrogens is 435 g/mol. The van der Waals surface area contributed by atoms with Gasteiger partial charge in [-0.15, -0.1) is 0 Å². The van der Waals surface area contributed by atoms with Crippen molar-refractivity contribution in [2.45, 2.75) is 6.92 Å². The third-order valence-corrected chi connectivity index (χ3v) is 5.68. The number of amides is 2. The summed E-state index contributed by atoms with van der Waals surface area (Å²) in [7, 11) is 0. The predicted octanol–water partition coefficient (Wildman–Crippen LogP) is 4.91. The molecule has 0 aromatic heterocycles. The Bertz CT molecular complexity index is 1300. The van der Waals surface area contributed by atoms with Crippen molar-refractivity contribution in [3.8, 4) is 11.5 Å². The number of hydrogen-bond acceptors (Lipinski definition) is 5. The van der Waals surface area contributed by atoms with Crippen molar-refractivity contribution >= 4 is 40.4 Å². The Hall–Kier alpha value is -3.84. The number of rotatable bonds is 4. The van der Waals surface area contributed by atoms with Gasteiger partial charge >= 0.3 is 0 Å². The van der Waals surface area contributed by atoms with Crippen molar-refractivity contribution < 1.29 is 23.5 Å². The van der Waals surface area contributed by atoms with E-state index in [-0.39, 0.29) is 18.1 Å². The molecular formula is C24H16ClFN2O4. The van der Waals surface area contributed by atoms with Gasteiger partial charge in [-0.1, -0.05) is 29.8 Å². The van der Waals surface area contributed by atoms with Crippen LogP contribution in [0.5, 0.6) is 11.5 Å². The van der Waals surface area contributed by atoms with E-state index in [9.17, 15) is 14.0 Å². The highest BCUT2D eigenvalue weighted by atomic mass is 35.5. The van der Waals surface area contributed by atoms with Crippen LogP contribution in [0.2, 0.25) is 5.02 Å². The Balaban J connectivity index is 1.59. The number of aryl methyl sites for hydroxylation is 1. The van der Waals surface area contributed by atoms with Gasteiger partial charge in [-0.05, 0) is 54.4 Å². The SMILES string of the molecule is Cc1ccc(N2C(=O)C(Nc3ccc4c(c3)OCO4)=C(c3ccc(F)cc3)C2=O)cc1Cl. The molecule has 0 spiro atoms. The molecule has 0 atom stereocenters. The number of fused-ring (bicyclic) bond motifs is 1. The molecule has 3 aromatic rings. The van der Waals surface area contributed by atoms with Gasteiger partial charge < -0.3 is 14.8 Å². The van der Waals surface area contributed by atoms with E-state index in [1.807, 2.05) is 6.92 Å². The number of imide groups is 1. The van der Waals surface area contributed by atoms with Crippen LogP contribution in [0.1, 0.15) is 11.1 Å². The lowest BCUT2D eigenvalue weighted by Crippen LogP contribution is -2.32. The molecule has 0 radical (unpaired) electrons. The Kier molecular flexibility index (Phi) is 4.83. The summed E-state index contributed by atoms with van der Waals surface area (Å²) < 4.78 is 24.2. The lowest BCUT2D eigenvalue weighted by molar-refractivity contribution is -0.120. The second-order valence-electron chi connectivity index (χ2n) is 7.33. The number of nitrogens with zero attached hydrogens (tertiary/aromatic N) is 1. The molecule has 5 rings (SSSR count). The van der Waals surface area contributed by atoms with Crippen molar-refractivity contribution in [2.75, 3.05) is 17.0 Å². The van der Waals surface area contributed by atoms with Crippen LogP contribution in [0.25, 0.3) is 5.57 Å². The first kappa shape index (κ1) is 20.1. The fraction of sp³-hybridized carbons (Fsp3) is 0.0833. The van der Waals surface area contributed by atoms with E-state index in [4.69, 9.17) is 21.1 Å². The number of benzene rings is 3. The first-order chi connectivity index (χ1) is 15.4. The molecule has 0 unspecified atom stereocenters. The molecule has 0 fully saturated rings. The van der Waals surface area contributed by atoms with Crippen LogP contribution < -0.4 is 19.7 Å². The average Bonchev–Trinajstić information content (AvgIpc) is 3.33. The second kappa shape index (κ2) is 7.69. The third-order valence-electron chi connectivity index (χ3n) is 5.27. The van der Waals surface area contributed by atoms with Gasteiger partial charge in [-0.3, -0.25) is 9.59 Å². The number of anilines is 2. The van der Waals surface area contributed by atoms with Crippen LogP contribution in [0.4, 0.5) is 15.8 Å². The molecule has 1 N–H and O–H groups in total. The van der Waals surface area contributed by atoms with E-state index >= 15 is 0 Å². The standard InChI is InChI=1S/C24H16ClFN2O4/c1-13-2-8-17(11-18(13)25)28-23(29)21(14-3-5-15(26)6-4-14)22(24(28)30)27-16-7-9-19-20(10-16)32-12-31-19/h2-11,27H,12H2,1H3. The lowest BCUT2D eigenvalue weighted by atomic mass is 10.0. The van der Waals surface area contributed by atoms with Crippen LogP contribution in [0.3, 0.4) is 0 Å². The van der Waals surface area contributed by atoms with Crippen LogP contribution in [0, 0.1) is 12.7 Å². The highest BCUT2D eigenvalue weighted by molar-refractivity contribution is 6.46. The Morgan fingerprint density at radius 2 is 1.69 bits per heavy atom. The number of nitrogens with one attached hydrogen (secondary N) is 1. The molecule has 2 heterocycles. The molecule has 0 bridgehead atoms. The van der Waals surface area contributed by atoms with Crippen LogP contribution in [-0.2, 0) is 9.59 Å². The molecule has 32 heavy (non-hydrogen) atoms. The number of halogens is 2. The number of carbonyl (C=O) groups excluding carboxylic acids is 2. The molecule has 2 aliphatic rings. The maximum Gasteiger partial charge on any atom is 0.282 e. The summed E-state index contributed by atoms with van der Waals surface area (Å²) in [4.78, 5) is 27.9. The number of carbonyl (C=O) groups is 2. The smallest absolute Gasteiger partial charge is 0.282 e. The molecule has 160 valence electrons. The van der Waals surface area contributed by atoms with Gasteiger partial charge in [0.2, 0.25) is 6.79 Å². The molecule has 8 heteroatoms. The zero-order valence-electron chi connectivity index (χ0n) is 16.8. The van der Waals surface area contributed by atoms with E-state index in [0.29, 0.717) is 33.5 Å². The van der Waals surface area contributed by atoms with Gasteiger partial charge in [-0.2, -0.15) is 0 Å². The minimum Gasteiger partial charge on any atom is -0.454 e. The fourth-order valence-electron chi connectivity index (χ4n) is 3.60. The normalized spacial score (nSPS) is 15.0. The van der Waals surface area contributed by atoms with Gasteiger partial charge in [0, 0.05) is 16.8 Å². The van der Waals surface area contributed by atoms with Gasteiger partial charge in [0.05, 0.1) is 11.3 Å². The topological polar surface area (TPSA) is 67.9 Å². The van der Waals surface area contributed by atoms with Gasteiger partial charge in [0.25, 0.3) is 11.8 Å². The minimum absolute atomic E-state index is 0.0668. The van der Waals surface area contributed by atoms with Crippen molar-refractivity contribution in [1.29, 1.82) is 0 Å². The molecule has 0 saturated carbocycles. The average molecular weight is 451 g/mol. The maximum absolute atomic E-state index is 13.5. The second-order valence-corrected chi connectivity index (χ2v) is 7.74. The maximum atomic E-state index is 13.5. The molecule has 6 nitrogen and oxygen atoms in total. The molecule has 3 aromatic carbocycles. The lowest BCUT2D eigenvalue weighted by Gasteiger charge is -2.16. The van der Waals surface area contributed by atoms with Crippen molar-refractivity contribution in [3.63, 3.8) is 0 Å². The van der Waals surface area contributed by atoms with Crippen LogP contribution in [-0.4, -0.2) is 18.6 Å². The summed E-state index contributed by atoms with van der Waals surface area (Å²) in [5.74, 6) is -0.416. The molecule has 2 amide bonds. The van der Waals surface area contributed by atoms with E-state index in [2.05, 4.69) is 5.32 Å². The molecule has 2 aliphatic heterocycles. The van der Waals surface area contributed by atoms with Gasteiger partial charge in [0.1, 0.15) is 11.5 Å². The monoisotopic (exact) mass is 450 g/mol. The molecule has 0 saturated heterocycles. The highest BCUT2D eigenvalue weighted by Crippen LogP contribution is 2.38. The van der Waals surface area contributed by atoms with Crippen molar-refractivity contribution in [3.05, 3.63) is 88.3 Å². The Morgan fingerprint density at radius 3 is 2.44 bits per heavy atom. The first-order valence-electron chi connectivity index (χ1n) is 9.74. The predicted molar refractivity (Wildman–Crippen MR) is 118 cm³/mol. The summed E-state index contributed by atoms with van der Waals surface area (Å²) in [5, 5.41) is 3.48. The van der Waals surface area contributed by atoms with Crippen molar-refractivity contribution in [2.24, 2.45) is 0 Å². The summed E-state index contributed by atoms with van der Waals surface area (Å²) in [5.41, 5.74) is 2.31. The van der Waals surface area contributed by atoms with E-state index < -0.39 is 17.6 Å². The Morgan fingerprint density at radius 1 is 0.938 bits per heavy atom. The first-order valence-corrected chi connectivity index (χ1v) is 10.1. The largest absolute Gasteiger partial charge is 0.454 e. The third kappa shape index (κ3) is 3.36. The van der Waals surface area contributed by atoms with E-state index in [1.165, 1.54) is 24.3 Å². The van der Waals surface area contributed by atoms with E-state index in [0.717, 1.165) is 10.5 Å². The quantitative estimate of drug-likeness (QED) is 0.572. The van der Waals surface area contributed by atoms with Gasteiger partial charge in [0.15, 0.2) is 11.5 Å². The zero-order valence-corrected chi connectivity index (χ0v) is 17.6. The Labute approximate surface area is 187 Å². The van der Waals surface area contributed by atoms with Crippen LogP contribution >= 0.6 is 11.6 Å².